The van der Waals surface area contributed by atoms with E-state index >= 15 is 0 Å². The lowest BCUT2D eigenvalue weighted by atomic mass is 10.1. The molecule has 1 atom stereocenters. The van der Waals surface area contributed by atoms with Gasteiger partial charge in [-0.3, -0.25) is 4.79 Å². The molecule has 0 aliphatic rings. The van der Waals surface area contributed by atoms with E-state index in [-0.39, 0.29) is 19.1 Å². The van der Waals surface area contributed by atoms with E-state index in [1.807, 2.05) is 0 Å². The minimum Gasteiger partial charge on any atom is -0.462 e. The van der Waals surface area contributed by atoms with Crippen LogP contribution in [-0.2, 0) is 14.4 Å². The van der Waals surface area contributed by atoms with E-state index in [0.29, 0.717) is 0 Å². The summed E-state index contributed by atoms with van der Waals surface area (Å²) in [6.45, 7) is 3.11. The van der Waals surface area contributed by atoms with Gasteiger partial charge in [0.2, 0.25) is 0 Å². The number of esters is 1. The van der Waals surface area contributed by atoms with Gasteiger partial charge in [0.25, 0.3) is 5.09 Å². The third-order valence-corrected chi connectivity index (χ3v) is 1.51. The lowest BCUT2D eigenvalue weighted by Gasteiger charge is -2.13. The number of rotatable bonds is 6. The highest BCUT2D eigenvalue weighted by atomic mass is 17.0. The van der Waals surface area contributed by atoms with Crippen LogP contribution in [0, 0.1) is 16.0 Å². The molecule has 0 spiro atoms. The summed E-state index contributed by atoms with van der Waals surface area (Å²) in [7, 11) is 0. The number of carbonyl (C=O) groups is 1. The fourth-order valence-corrected chi connectivity index (χ4v) is 0.622. The van der Waals surface area contributed by atoms with Crippen molar-refractivity contribution in [3.8, 4) is 0 Å². The van der Waals surface area contributed by atoms with Crippen molar-refractivity contribution >= 4 is 5.97 Å². The van der Waals surface area contributed by atoms with E-state index in [1.54, 1.807) is 13.8 Å². The SMILES string of the molecule is CC(C)[C@@H](N)C(=O)OCCO[N+](=O)[O-]. The van der Waals surface area contributed by atoms with E-state index in [4.69, 9.17) is 5.73 Å². The van der Waals surface area contributed by atoms with Crippen LogP contribution in [0.15, 0.2) is 0 Å². The molecule has 0 radical (unpaired) electrons. The molecule has 82 valence electrons. The Balaban J connectivity index is 3.59. The Kier molecular flexibility index (Phi) is 5.54. The molecule has 7 heteroatoms. The van der Waals surface area contributed by atoms with Crippen molar-refractivity contribution in [1.82, 2.24) is 0 Å². The van der Waals surface area contributed by atoms with E-state index in [0.717, 1.165) is 0 Å². The third kappa shape index (κ3) is 5.31. The van der Waals surface area contributed by atoms with Gasteiger partial charge in [0.15, 0.2) is 0 Å². The van der Waals surface area contributed by atoms with Gasteiger partial charge < -0.3 is 15.3 Å². The lowest BCUT2D eigenvalue weighted by molar-refractivity contribution is -0.757. The monoisotopic (exact) mass is 206 g/mol. The number of carbonyl (C=O) groups excluding carboxylic acids is 1. The standard InChI is InChI=1S/C7H14N2O5/c1-5(2)6(8)7(10)13-3-4-14-9(11)12/h5-6H,3-4,8H2,1-2H3/t6-/m1/s1. The molecule has 0 aliphatic carbocycles. The molecule has 0 aromatic heterocycles. The molecule has 0 fully saturated rings. The van der Waals surface area contributed by atoms with Crippen molar-refractivity contribution in [1.29, 1.82) is 0 Å². The summed E-state index contributed by atoms with van der Waals surface area (Å²) >= 11 is 0. The van der Waals surface area contributed by atoms with Crippen LogP contribution in [0.4, 0.5) is 0 Å². The second kappa shape index (κ2) is 6.14. The summed E-state index contributed by atoms with van der Waals surface area (Å²) in [5, 5.41) is 8.76. The van der Waals surface area contributed by atoms with Gasteiger partial charge in [-0.2, -0.15) is 0 Å². The average Bonchev–Trinajstić information content (AvgIpc) is 2.10. The summed E-state index contributed by atoms with van der Waals surface area (Å²) in [5.41, 5.74) is 5.45. The Hall–Kier alpha value is -1.37. The molecule has 0 unspecified atom stereocenters. The van der Waals surface area contributed by atoms with E-state index in [9.17, 15) is 14.9 Å². The minimum atomic E-state index is -0.948. The minimum absolute atomic E-state index is 0.0288. The smallest absolute Gasteiger partial charge is 0.323 e. The Labute approximate surface area is 81.3 Å². The van der Waals surface area contributed by atoms with Crippen molar-refractivity contribution in [2.24, 2.45) is 11.7 Å². The molecule has 0 bridgehead atoms. The topological polar surface area (TPSA) is 105 Å². The zero-order valence-electron chi connectivity index (χ0n) is 8.13. The van der Waals surface area contributed by atoms with Gasteiger partial charge in [0, 0.05) is 0 Å². The molecular weight excluding hydrogens is 192 g/mol. The molecule has 0 saturated heterocycles. The van der Waals surface area contributed by atoms with Gasteiger partial charge in [0.1, 0.15) is 19.3 Å². The second-order valence-corrected chi connectivity index (χ2v) is 2.99. The normalized spacial score (nSPS) is 12.3. The fourth-order valence-electron chi connectivity index (χ4n) is 0.622. The van der Waals surface area contributed by atoms with Crippen molar-refractivity contribution in [2.45, 2.75) is 19.9 Å². The van der Waals surface area contributed by atoms with Crippen LogP contribution in [0.25, 0.3) is 0 Å². The van der Waals surface area contributed by atoms with Crippen LogP contribution >= 0.6 is 0 Å². The number of hydrogen-bond donors (Lipinski definition) is 1. The predicted molar refractivity (Wildman–Crippen MR) is 46.7 cm³/mol. The fraction of sp³-hybridized carbons (Fsp3) is 0.857. The molecule has 14 heavy (non-hydrogen) atoms. The Morgan fingerprint density at radius 3 is 2.50 bits per heavy atom. The summed E-state index contributed by atoms with van der Waals surface area (Å²) in [4.78, 5) is 24.7. The first-order chi connectivity index (χ1) is 6.45. The number of ether oxygens (including phenoxy) is 1. The highest BCUT2D eigenvalue weighted by Crippen LogP contribution is 2.00. The van der Waals surface area contributed by atoms with E-state index < -0.39 is 17.1 Å². The quantitative estimate of drug-likeness (QED) is 0.277. The number of nitrogens with two attached hydrogens (primary N) is 1. The van der Waals surface area contributed by atoms with E-state index in [1.165, 1.54) is 0 Å². The van der Waals surface area contributed by atoms with Crippen LogP contribution in [0.5, 0.6) is 0 Å². The average molecular weight is 206 g/mol. The van der Waals surface area contributed by atoms with Crippen molar-refractivity contribution in [3.05, 3.63) is 10.1 Å². The van der Waals surface area contributed by atoms with Gasteiger partial charge in [-0.05, 0) is 5.92 Å². The zero-order valence-corrected chi connectivity index (χ0v) is 8.13. The molecule has 0 amide bonds. The van der Waals surface area contributed by atoms with Gasteiger partial charge >= 0.3 is 5.97 Å². The maximum atomic E-state index is 11.1. The highest BCUT2D eigenvalue weighted by Gasteiger charge is 2.18. The van der Waals surface area contributed by atoms with Crippen LogP contribution in [-0.4, -0.2) is 30.3 Å². The van der Waals surface area contributed by atoms with Crippen LogP contribution in [0.1, 0.15) is 13.8 Å². The summed E-state index contributed by atoms with van der Waals surface area (Å²) < 4.78 is 4.62. The molecule has 0 aromatic rings. The first kappa shape index (κ1) is 12.6. The van der Waals surface area contributed by atoms with E-state index in [2.05, 4.69) is 9.57 Å². The van der Waals surface area contributed by atoms with Gasteiger partial charge in [0.05, 0.1) is 0 Å². The van der Waals surface area contributed by atoms with Crippen LogP contribution in [0.2, 0.25) is 0 Å². The van der Waals surface area contributed by atoms with Crippen LogP contribution < -0.4 is 5.73 Å². The number of hydrogen-bond acceptors (Lipinski definition) is 6. The van der Waals surface area contributed by atoms with Gasteiger partial charge in [-0.1, -0.05) is 13.8 Å². The molecule has 0 rings (SSSR count). The summed E-state index contributed by atoms with van der Waals surface area (Å²) in [6, 6.07) is -0.703. The Morgan fingerprint density at radius 1 is 1.50 bits per heavy atom. The lowest BCUT2D eigenvalue weighted by Crippen LogP contribution is -2.37. The molecule has 0 aliphatic heterocycles. The third-order valence-electron chi connectivity index (χ3n) is 1.51. The van der Waals surface area contributed by atoms with Gasteiger partial charge in [-0.25, -0.2) is 0 Å². The largest absolute Gasteiger partial charge is 0.462 e. The number of nitrogens with zero attached hydrogens (tertiary/aromatic N) is 1. The second-order valence-electron chi connectivity index (χ2n) is 2.99. The van der Waals surface area contributed by atoms with Crippen LogP contribution in [0.3, 0.4) is 0 Å². The molecule has 2 N–H and O–H groups in total. The Bertz CT molecular complexity index is 206. The first-order valence-corrected chi connectivity index (χ1v) is 4.14. The van der Waals surface area contributed by atoms with Crippen molar-refractivity contribution in [2.75, 3.05) is 13.2 Å². The molecule has 0 aromatic carbocycles. The summed E-state index contributed by atoms with van der Waals surface area (Å²) in [5.74, 6) is -0.606. The van der Waals surface area contributed by atoms with Crippen molar-refractivity contribution < 1.29 is 19.5 Å². The first-order valence-electron chi connectivity index (χ1n) is 4.14. The molecule has 0 heterocycles. The van der Waals surface area contributed by atoms with Crippen molar-refractivity contribution in [3.63, 3.8) is 0 Å². The summed E-state index contributed by atoms with van der Waals surface area (Å²) in [6.07, 6.45) is 0. The molecule has 0 saturated carbocycles. The maximum absolute atomic E-state index is 11.1. The molecule has 7 nitrogen and oxygen atoms in total. The predicted octanol–water partition coefficient (Wildman–Crippen LogP) is -0.279. The Morgan fingerprint density at radius 2 is 2.07 bits per heavy atom. The maximum Gasteiger partial charge on any atom is 0.323 e. The zero-order chi connectivity index (χ0) is 11.1. The van der Waals surface area contributed by atoms with Gasteiger partial charge in [-0.15, -0.1) is 10.1 Å². The highest BCUT2D eigenvalue weighted by molar-refractivity contribution is 5.75. The molecular formula is C7H14N2O5.